The predicted molar refractivity (Wildman–Crippen MR) is 77.4 cm³/mol. The molecule has 0 amide bonds. The number of hydrogen-bond donors (Lipinski definition) is 0. The molecular weight excluding hydrogens is 274 g/mol. The Kier molecular flexibility index (Phi) is 5.06. The van der Waals surface area contributed by atoms with Gasteiger partial charge in [0.1, 0.15) is 0 Å². The quantitative estimate of drug-likeness (QED) is 0.479. The minimum Gasteiger partial charge on any atom is -0.465 e. The number of carbonyl (C=O) groups is 1. The molecule has 0 aliphatic carbocycles. The van der Waals surface area contributed by atoms with Crippen LogP contribution in [0.5, 0.6) is 0 Å². The topological polar surface area (TPSA) is 65.0 Å². The Morgan fingerprint density at radius 3 is 2.90 bits per heavy atom. The summed E-state index contributed by atoms with van der Waals surface area (Å²) in [4.78, 5) is 24.3. The molecule has 0 N–H and O–H groups in total. The van der Waals surface area contributed by atoms with Crippen molar-refractivity contribution < 1.29 is 9.53 Å². The van der Waals surface area contributed by atoms with Crippen molar-refractivity contribution in [2.24, 2.45) is 0 Å². The molecular formula is C14H15N3O2S. The summed E-state index contributed by atoms with van der Waals surface area (Å²) in [7, 11) is 0. The summed E-state index contributed by atoms with van der Waals surface area (Å²) < 4.78 is 4.87. The van der Waals surface area contributed by atoms with Crippen molar-refractivity contribution >= 4 is 17.7 Å². The van der Waals surface area contributed by atoms with E-state index in [1.54, 1.807) is 19.3 Å². The van der Waals surface area contributed by atoms with Crippen molar-refractivity contribution in [1.29, 1.82) is 0 Å². The third kappa shape index (κ3) is 3.77. The lowest BCUT2D eigenvalue weighted by Crippen LogP contribution is -2.07. The number of rotatable bonds is 5. The van der Waals surface area contributed by atoms with Crippen molar-refractivity contribution in [2.45, 2.75) is 19.0 Å². The van der Waals surface area contributed by atoms with Gasteiger partial charge in [-0.25, -0.2) is 9.97 Å². The fourth-order valence-electron chi connectivity index (χ4n) is 1.58. The Hall–Kier alpha value is -1.95. The molecule has 20 heavy (non-hydrogen) atoms. The van der Waals surface area contributed by atoms with Gasteiger partial charge in [-0.1, -0.05) is 17.8 Å². The standard InChI is InChI=1S/C14H15N3O2S/c1-3-19-12(18)9-20-14-16-8-10(2)13(17-14)11-6-4-5-7-15-11/h4-8H,3,9H2,1-2H3. The molecule has 0 atom stereocenters. The largest absolute Gasteiger partial charge is 0.465 e. The normalized spacial score (nSPS) is 10.3. The maximum atomic E-state index is 11.3. The summed E-state index contributed by atoms with van der Waals surface area (Å²) in [6.45, 7) is 4.10. The van der Waals surface area contributed by atoms with E-state index in [-0.39, 0.29) is 11.7 Å². The number of pyridine rings is 1. The maximum Gasteiger partial charge on any atom is 0.316 e. The summed E-state index contributed by atoms with van der Waals surface area (Å²) in [5, 5.41) is 0.546. The van der Waals surface area contributed by atoms with E-state index in [2.05, 4.69) is 15.0 Å². The van der Waals surface area contributed by atoms with Crippen LogP contribution in [0.2, 0.25) is 0 Å². The van der Waals surface area contributed by atoms with Crippen molar-refractivity contribution in [1.82, 2.24) is 15.0 Å². The Morgan fingerprint density at radius 1 is 1.35 bits per heavy atom. The van der Waals surface area contributed by atoms with E-state index in [0.29, 0.717) is 11.8 Å². The van der Waals surface area contributed by atoms with Gasteiger partial charge in [-0.3, -0.25) is 9.78 Å². The van der Waals surface area contributed by atoms with Crippen LogP contribution < -0.4 is 0 Å². The van der Waals surface area contributed by atoms with Crippen molar-refractivity contribution in [3.05, 3.63) is 36.2 Å². The molecule has 104 valence electrons. The molecule has 0 unspecified atom stereocenters. The molecule has 0 aliphatic heterocycles. The SMILES string of the molecule is CCOC(=O)CSc1ncc(C)c(-c2ccccn2)n1. The molecule has 0 saturated carbocycles. The third-order valence-electron chi connectivity index (χ3n) is 2.48. The van der Waals surface area contributed by atoms with E-state index in [1.165, 1.54) is 11.8 Å². The second-order valence-electron chi connectivity index (χ2n) is 3.99. The molecule has 6 heteroatoms. The molecule has 2 rings (SSSR count). The Labute approximate surface area is 121 Å². The summed E-state index contributed by atoms with van der Waals surface area (Å²) in [6, 6.07) is 5.67. The van der Waals surface area contributed by atoms with Crippen LogP contribution in [-0.2, 0) is 9.53 Å². The second-order valence-corrected chi connectivity index (χ2v) is 4.94. The van der Waals surface area contributed by atoms with Gasteiger partial charge in [-0.15, -0.1) is 0 Å². The van der Waals surface area contributed by atoms with Crippen molar-refractivity contribution in [2.75, 3.05) is 12.4 Å². The molecule has 0 aliphatic rings. The second kappa shape index (κ2) is 7.00. The van der Waals surface area contributed by atoms with Crippen molar-refractivity contribution in [3.8, 4) is 11.4 Å². The van der Waals surface area contributed by atoms with Crippen LogP contribution in [0.15, 0.2) is 35.7 Å². The van der Waals surface area contributed by atoms with Crippen LogP contribution in [-0.4, -0.2) is 33.3 Å². The molecule has 2 aromatic heterocycles. The van der Waals surface area contributed by atoms with E-state index in [0.717, 1.165) is 17.0 Å². The lowest BCUT2D eigenvalue weighted by molar-refractivity contribution is -0.139. The van der Waals surface area contributed by atoms with Crippen LogP contribution in [0.3, 0.4) is 0 Å². The molecule has 0 radical (unpaired) electrons. The van der Waals surface area contributed by atoms with Gasteiger partial charge in [-0.2, -0.15) is 0 Å². The summed E-state index contributed by atoms with van der Waals surface area (Å²) in [6.07, 6.45) is 3.47. The number of nitrogens with zero attached hydrogens (tertiary/aromatic N) is 3. The van der Waals surface area contributed by atoms with Gasteiger partial charge in [0.2, 0.25) is 0 Å². The highest BCUT2D eigenvalue weighted by molar-refractivity contribution is 7.99. The van der Waals surface area contributed by atoms with E-state index in [9.17, 15) is 4.79 Å². The number of hydrogen-bond acceptors (Lipinski definition) is 6. The number of aromatic nitrogens is 3. The van der Waals surface area contributed by atoms with Crippen LogP contribution in [0.25, 0.3) is 11.4 Å². The van der Waals surface area contributed by atoms with E-state index in [1.807, 2.05) is 25.1 Å². The molecule has 2 aromatic rings. The average molecular weight is 289 g/mol. The highest BCUT2D eigenvalue weighted by atomic mass is 32.2. The Balaban J connectivity index is 2.15. The minimum atomic E-state index is -0.263. The van der Waals surface area contributed by atoms with Crippen LogP contribution in [0.4, 0.5) is 0 Å². The van der Waals surface area contributed by atoms with Crippen LogP contribution in [0, 0.1) is 6.92 Å². The first-order chi connectivity index (χ1) is 9.70. The molecule has 5 nitrogen and oxygen atoms in total. The fraction of sp³-hybridized carbons (Fsp3) is 0.286. The number of aryl methyl sites for hydroxylation is 1. The van der Waals surface area contributed by atoms with E-state index >= 15 is 0 Å². The number of esters is 1. The van der Waals surface area contributed by atoms with E-state index in [4.69, 9.17) is 4.74 Å². The molecule has 0 aromatic carbocycles. The highest BCUT2D eigenvalue weighted by Gasteiger charge is 2.10. The molecule has 0 bridgehead atoms. The number of ether oxygens (including phenoxy) is 1. The lowest BCUT2D eigenvalue weighted by Gasteiger charge is -2.06. The van der Waals surface area contributed by atoms with Crippen LogP contribution >= 0.6 is 11.8 Å². The Bertz CT molecular complexity index is 590. The van der Waals surface area contributed by atoms with Gasteiger partial charge in [0.25, 0.3) is 0 Å². The van der Waals surface area contributed by atoms with Crippen LogP contribution in [0.1, 0.15) is 12.5 Å². The molecule has 2 heterocycles. The van der Waals surface area contributed by atoms with E-state index < -0.39 is 0 Å². The first-order valence-corrected chi connectivity index (χ1v) is 7.22. The highest BCUT2D eigenvalue weighted by Crippen LogP contribution is 2.21. The van der Waals surface area contributed by atoms with Gasteiger partial charge >= 0.3 is 5.97 Å². The van der Waals surface area contributed by atoms with Gasteiger partial charge < -0.3 is 4.74 Å². The first-order valence-electron chi connectivity index (χ1n) is 6.24. The summed E-state index contributed by atoms with van der Waals surface area (Å²) >= 11 is 1.26. The Morgan fingerprint density at radius 2 is 2.20 bits per heavy atom. The lowest BCUT2D eigenvalue weighted by atomic mass is 10.2. The summed E-state index contributed by atoms with van der Waals surface area (Å²) in [5.74, 6) is -0.0560. The molecule has 0 fully saturated rings. The minimum absolute atomic E-state index is 0.207. The molecule has 0 spiro atoms. The maximum absolute atomic E-state index is 11.3. The zero-order valence-corrected chi connectivity index (χ0v) is 12.2. The van der Waals surface area contributed by atoms with Gasteiger partial charge in [0.05, 0.1) is 23.7 Å². The predicted octanol–water partition coefficient (Wildman–Crippen LogP) is 2.50. The monoisotopic (exact) mass is 289 g/mol. The fourth-order valence-corrected chi connectivity index (χ4v) is 2.20. The smallest absolute Gasteiger partial charge is 0.316 e. The first kappa shape index (κ1) is 14.5. The van der Waals surface area contributed by atoms with Crippen molar-refractivity contribution in [3.63, 3.8) is 0 Å². The summed E-state index contributed by atoms with van der Waals surface area (Å²) in [5.41, 5.74) is 2.53. The molecule has 0 saturated heterocycles. The number of thioether (sulfide) groups is 1. The van der Waals surface area contributed by atoms with Gasteiger partial charge in [0.15, 0.2) is 5.16 Å². The zero-order chi connectivity index (χ0) is 14.4. The van der Waals surface area contributed by atoms with Gasteiger partial charge in [-0.05, 0) is 31.5 Å². The third-order valence-corrected chi connectivity index (χ3v) is 3.32. The average Bonchev–Trinajstić information content (AvgIpc) is 2.47. The van der Waals surface area contributed by atoms with Gasteiger partial charge in [0, 0.05) is 12.4 Å². The zero-order valence-electron chi connectivity index (χ0n) is 11.4. The number of carbonyl (C=O) groups excluding carboxylic acids is 1.